The summed E-state index contributed by atoms with van der Waals surface area (Å²) in [6, 6.07) is 25.1. The molecule has 2 aliphatic heterocycles. The van der Waals surface area contributed by atoms with E-state index in [-0.39, 0.29) is 45.9 Å². The molecular weight excluding hydrogens is 1010 g/mol. The molecule has 1 aromatic heterocycles. The van der Waals surface area contributed by atoms with E-state index in [0.717, 1.165) is 56.9 Å². The Morgan fingerprint density at radius 3 is 2.03 bits per heavy atom. The first-order valence-corrected chi connectivity index (χ1v) is 28.3. The molecular formula is C58H72FN7O10S. The van der Waals surface area contributed by atoms with Gasteiger partial charge < -0.3 is 29.9 Å². The first-order chi connectivity index (χ1) is 36.9. The number of hydrogen-bond acceptors (Lipinski definition) is 11. The van der Waals surface area contributed by atoms with Crippen LogP contribution >= 0.6 is 0 Å². The van der Waals surface area contributed by atoms with Crippen molar-refractivity contribution in [2.45, 2.75) is 121 Å². The zero-order chi connectivity index (χ0) is 55.0. The highest BCUT2D eigenvalue weighted by Gasteiger charge is 2.31. The van der Waals surface area contributed by atoms with Gasteiger partial charge in [-0.15, -0.1) is 0 Å². The first kappa shape index (κ1) is 57.7. The van der Waals surface area contributed by atoms with Crippen molar-refractivity contribution in [3.05, 3.63) is 135 Å². The summed E-state index contributed by atoms with van der Waals surface area (Å²) in [5.41, 5.74) is 1.66. The van der Waals surface area contributed by atoms with Crippen LogP contribution in [0.5, 0.6) is 5.75 Å². The van der Waals surface area contributed by atoms with Crippen LogP contribution in [0, 0.1) is 5.82 Å². The van der Waals surface area contributed by atoms with Gasteiger partial charge in [-0.25, -0.2) is 17.9 Å². The van der Waals surface area contributed by atoms with Crippen molar-refractivity contribution < 1.29 is 46.3 Å². The molecule has 2 aliphatic rings. The molecule has 3 N–H and O–H groups in total. The average molecular weight is 1080 g/mol. The van der Waals surface area contributed by atoms with Crippen LogP contribution in [0.1, 0.15) is 141 Å². The normalized spacial score (nSPS) is 14.5. The molecule has 5 aromatic rings. The molecule has 2 fully saturated rings. The first-order valence-electron chi connectivity index (χ1n) is 26.9. The number of rotatable bonds is 24. The highest BCUT2D eigenvalue weighted by molar-refractivity contribution is 7.89. The quantitative estimate of drug-likeness (QED) is 0.0402. The molecule has 19 heteroatoms. The van der Waals surface area contributed by atoms with E-state index in [4.69, 9.17) is 9.47 Å². The summed E-state index contributed by atoms with van der Waals surface area (Å²) in [6.07, 6.45) is 10.3. The van der Waals surface area contributed by atoms with Gasteiger partial charge in [0.15, 0.2) is 0 Å². The largest absolute Gasteiger partial charge is 0.492 e. The molecule has 0 bridgehead atoms. The number of ether oxygens (including phenoxy) is 2. The van der Waals surface area contributed by atoms with Crippen molar-refractivity contribution in [1.82, 2.24) is 34.9 Å². The van der Waals surface area contributed by atoms with Crippen LogP contribution in [-0.2, 0) is 35.6 Å². The van der Waals surface area contributed by atoms with Crippen molar-refractivity contribution in [3.8, 4) is 5.75 Å². The van der Waals surface area contributed by atoms with Crippen molar-refractivity contribution >= 4 is 50.4 Å². The summed E-state index contributed by atoms with van der Waals surface area (Å²) in [5.74, 6) is -1.15. The predicted octanol–water partition coefficient (Wildman–Crippen LogP) is 7.67. The molecule has 4 amide bonds. The van der Waals surface area contributed by atoms with Gasteiger partial charge in [0, 0.05) is 69.5 Å². The Morgan fingerprint density at radius 2 is 1.36 bits per heavy atom. The van der Waals surface area contributed by atoms with E-state index in [1.165, 1.54) is 34.6 Å². The third-order valence-electron chi connectivity index (χ3n) is 13.9. The van der Waals surface area contributed by atoms with Gasteiger partial charge in [0.2, 0.25) is 21.8 Å². The van der Waals surface area contributed by atoms with Gasteiger partial charge in [-0.1, -0.05) is 74.9 Å². The number of nitrogens with zero attached hydrogens (tertiary/aromatic N) is 4. The zero-order valence-corrected chi connectivity index (χ0v) is 45.3. The van der Waals surface area contributed by atoms with Gasteiger partial charge in [0.25, 0.3) is 17.4 Å². The van der Waals surface area contributed by atoms with Crippen molar-refractivity contribution in [1.29, 1.82) is 0 Å². The second kappa shape index (κ2) is 27.4. The number of halogens is 1. The molecule has 0 unspecified atom stereocenters. The number of sulfonamides is 1. The van der Waals surface area contributed by atoms with Gasteiger partial charge >= 0.3 is 5.97 Å². The van der Waals surface area contributed by atoms with Crippen LogP contribution in [-0.4, -0.2) is 127 Å². The molecule has 17 nitrogen and oxygen atoms in total. The molecule has 4 aromatic carbocycles. The Morgan fingerprint density at radius 1 is 0.740 bits per heavy atom. The van der Waals surface area contributed by atoms with Gasteiger partial charge in [-0.3, -0.25) is 28.8 Å². The highest BCUT2D eigenvalue weighted by atomic mass is 32.2. The lowest BCUT2D eigenvalue weighted by Crippen LogP contribution is -2.50. The second-order valence-corrected chi connectivity index (χ2v) is 22.7. The van der Waals surface area contributed by atoms with Gasteiger partial charge in [0.05, 0.1) is 28.1 Å². The van der Waals surface area contributed by atoms with Gasteiger partial charge in [0.1, 0.15) is 30.3 Å². The Hall–Kier alpha value is -6.99. The summed E-state index contributed by atoms with van der Waals surface area (Å²) in [6.45, 7) is 7.80. The van der Waals surface area contributed by atoms with Crippen molar-refractivity contribution in [2.75, 3.05) is 59.0 Å². The number of carbonyl (C=O) groups excluding carboxylic acids is 5. The molecule has 3 heterocycles. The van der Waals surface area contributed by atoms with E-state index >= 15 is 0 Å². The number of esters is 1. The predicted molar refractivity (Wildman–Crippen MR) is 291 cm³/mol. The summed E-state index contributed by atoms with van der Waals surface area (Å²) in [4.78, 5) is 79.0. The van der Waals surface area contributed by atoms with Crippen LogP contribution in [0.2, 0.25) is 0 Å². The Labute approximate surface area is 450 Å². The summed E-state index contributed by atoms with van der Waals surface area (Å²) in [7, 11) is -3.76. The Kier molecular flexibility index (Phi) is 20.5. The third kappa shape index (κ3) is 16.8. The van der Waals surface area contributed by atoms with E-state index in [1.807, 2.05) is 36.4 Å². The number of piperazine rings is 1. The monoisotopic (exact) mass is 1080 g/mol. The number of hydrogen-bond donors (Lipinski definition) is 3. The number of H-pyrrole nitrogens is 1. The SMILES string of the molecule is CC(C)(C)OC(=O)CNC(=O)c1ccc(S(=O)(=O)N2CCC(c3ccc(OCCNC(=O)CCCCCCCCCCC(=O)N4CCN(C(=O)c5cc(Cc6n[nH]c(=O)c7ccccc67)ccc5F)CC4)cc3)CC2)cc1. The molecule has 412 valence electrons. The van der Waals surface area contributed by atoms with E-state index in [1.54, 1.807) is 54.8 Å². The number of aromatic amines is 1. The van der Waals surface area contributed by atoms with Crippen LogP contribution in [0.3, 0.4) is 0 Å². The molecule has 0 spiro atoms. The van der Waals surface area contributed by atoms with Crippen LogP contribution in [0.25, 0.3) is 10.8 Å². The van der Waals surface area contributed by atoms with Gasteiger partial charge in [-0.2, -0.15) is 9.40 Å². The summed E-state index contributed by atoms with van der Waals surface area (Å²) >= 11 is 0. The van der Waals surface area contributed by atoms with Crippen LogP contribution in [0.15, 0.2) is 101 Å². The lowest BCUT2D eigenvalue weighted by Gasteiger charge is -2.35. The molecule has 0 radical (unpaired) electrons. The van der Waals surface area contributed by atoms with Gasteiger partial charge in [-0.05, 0) is 118 Å². The number of amides is 4. The maximum Gasteiger partial charge on any atom is 0.325 e. The Bertz CT molecular complexity index is 3000. The minimum atomic E-state index is -3.76. The number of benzene rings is 4. The maximum atomic E-state index is 15.0. The maximum absolute atomic E-state index is 15.0. The number of fused-ring (bicyclic) bond motifs is 1. The fourth-order valence-corrected chi connectivity index (χ4v) is 11.2. The second-order valence-electron chi connectivity index (χ2n) is 20.8. The zero-order valence-electron chi connectivity index (χ0n) is 44.5. The van der Waals surface area contributed by atoms with E-state index in [2.05, 4.69) is 20.8 Å². The number of nitrogens with one attached hydrogen (secondary N) is 3. The fourth-order valence-electron chi connectivity index (χ4n) is 9.73. The van der Waals surface area contributed by atoms with Crippen LogP contribution < -0.4 is 20.9 Å². The third-order valence-corrected chi connectivity index (χ3v) is 15.9. The Balaban J connectivity index is 0.683. The molecule has 7 rings (SSSR count). The number of aromatic nitrogens is 2. The van der Waals surface area contributed by atoms with Crippen molar-refractivity contribution in [3.63, 3.8) is 0 Å². The number of piperidine rings is 1. The smallest absolute Gasteiger partial charge is 0.325 e. The minimum absolute atomic E-state index is 0.00201. The topological polar surface area (TPSA) is 217 Å². The molecule has 0 aliphatic carbocycles. The summed E-state index contributed by atoms with van der Waals surface area (Å²) < 4.78 is 54.4. The van der Waals surface area contributed by atoms with E-state index in [0.29, 0.717) is 112 Å². The summed E-state index contributed by atoms with van der Waals surface area (Å²) in [5, 5.41) is 13.4. The minimum Gasteiger partial charge on any atom is -0.492 e. The molecule has 0 atom stereocenters. The number of carbonyl (C=O) groups is 5. The lowest BCUT2D eigenvalue weighted by molar-refractivity contribution is -0.153. The van der Waals surface area contributed by atoms with Crippen LogP contribution in [0.4, 0.5) is 4.39 Å². The molecule has 77 heavy (non-hydrogen) atoms. The van der Waals surface area contributed by atoms with E-state index in [9.17, 15) is 41.6 Å². The lowest BCUT2D eigenvalue weighted by atomic mass is 9.90. The number of unbranched alkanes of at least 4 members (excludes halogenated alkanes) is 7. The average Bonchev–Trinajstić information content (AvgIpc) is 3.43. The molecule has 0 saturated carbocycles. The standard InChI is InChI=1S/C58H72FN7O10S/c1-58(2,3)76-54(69)40-61-55(70)44-21-25-46(26-22-44)77(73,74)66-31-28-43(29-32-66)42-19-23-45(24-20-42)75-37-30-60-52(67)16-10-8-6-4-5-7-9-11-17-53(68)64-33-35-65(36-34-64)57(72)49-38-41(18-27-50(49)59)39-51-47-14-12-13-15-48(47)56(71)63-62-51/h12-15,18-27,38,43H,4-11,16-17,28-37,39-40H2,1-3H3,(H,60,67)(H,61,70)(H,63,71). The fraction of sp³-hybridized carbons (Fsp3) is 0.466. The highest BCUT2D eigenvalue weighted by Crippen LogP contribution is 2.32. The van der Waals surface area contributed by atoms with Crippen molar-refractivity contribution in [2.24, 2.45) is 0 Å². The van der Waals surface area contributed by atoms with E-state index < -0.39 is 39.2 Å². The molecule has 2 saturated heterocycles.